The number of aromatic nitrogens is 3. The molecule has 1 aliphatic rings. The van der Waals surface area contributed by atoms with Crippen LogP contribution < -0.4 is 5.32 Å². The number of carbonyl (C=O) groups is 1. The molecular weight excluding hydrogens is 280 g/mol. The summed E-state index contributed by atoms with van der Waals surface area (Å²) >= 11 is 0. The van der Waals surface area contributed by atoms with Gasteiger partial charge in [0.2, 0.25) is 0 Å². The maximum Gasteiger partial charge on any atom is 0.273 e. The van der Waals surface area contributed by atoms with Crippen LogP contribution in [-0.4, -0.2) is 40.2 Å². The first kappa shape index (κ1) is 14.7. The number of rotatable bonds is 4. The summed E-state index contributed by atoms with van der Waals surface area (Å²) in [5.41, 5.74) is 3.52. The Hall–Kier alpha value is -2.21. The maximum absolute atomic E-state index is 12.1. The van der Waals surface area contributed by atoms with Crippen molar-refractivity contribution in [3.05, 3.63) is 41.2 Å². The summed E-state index contributed by atoms with van der Waals surface area (Å²) in [6.45, 7) is 5.37. The summed E-state index contributed by atoms with van der Waals surface area (Å²) in [7, 11) is 0. The fourth-order valence-electron chi connectivity index (χ4n) is 2.68. The zero-order chi connectivity index (χ0) is 15.5. The number of nitrogens with one attached hydrogen (secondary N) is 1. The van der Waals surface area contributed by atoms with E-state index in [4.69, 9.17) is 4.74 Å². The highest BCUT2D eigenvalue weighted by molar-refractivity contribution is 5.91. The van der Waals surface area contributed by atoms with E-state index in [0.29, 0.717) is 12.2 Å². The molecule has 1 saturated heterocycles. The summed E-state index contributed by atoms with van der Waals surface area (Å²) in [5.74, 6) is -0.217. The highest BCUT2D eigenvalue weighted by atomic mass is 16.5. The van der Waals surface area contributed by atoms with Gasteiger partial charge in [-0.3, -0.25) is 4.79 Å². The minimum atomic E-state index is -0.217. The molecule has 1 N–H and O–H groups in total. The van der Waals surface area contributed by atoms with Gasteiger partial charge in [-0.2, -0.15) is 0 Å². The van der Waals surface area contributed by atoms with Crippen molar-refractivity contribution in [2.45, 2.75) is 32.8 Å². The van der Waals surface area contributed by atoms with E-state index in [2.05, 4.69) is 21.7 Å². The number of hydrogen-bond donors (Lipinski definition) is 1. The molecule has 0 aliphatic carbocycles. The smallest absolute Gasteiger partial charge is 0.273 e. The van der Waals surface area contributed by atoms with Gasteiger partial charge in [0.05, 0.1) is 18.0 Å². The first-order chi connectivity index (χ1) is 10.6. The number of amides is 1. The zero-order valence-electron chi connectivity index (χ0n) is 12.9. The average Bonchev–Trinajstić information content (AvgIpc) is 3.15. The standard InChI is InChI=1S/C16H20N4O2/c1-11-6-12(2)8-13(7-11)20-10-15(18-19-20)16(21)17-9-14-4-3-5-22-14/h6-8,10,14H,3-5,9H2,1-2H3,(H,17,21). The number of ether oxygens (including phenoxy) is 1. The monoisotopic (exact) mass is 300 g/mol. The molecule has 116 valence electrons. The normalized spacial score (nSPS) is 17.6. The van der Waals surface area contributed by atoms with Gasteiger partial charge in [0, 0.05) is 13.2 Å². The molecule has 0 spiro atoms. The third kappa shape index (κ3) is 3.33. The predicted molar refractivity (Wildman–Crippen MR) is 82.1 cm³/mol. The second kappa shape index (κ2) is 6.27. The van der Waals surface area contributed by atoms with Crippen molar-refractivity contribution < 1.29 is 9.53 Å². The highest BCUT2D eigenvalue weighted by Crippen LogP contribution is 2.13. The molecule has 1 aromatic heterocycles. The average molecular weight is 300 g/mol. The molecule has 1 aliphatic heterocycles. The van der Waals surface area contributed by atoms with E-state index in [-0.39, 0.29) is 12.0 Å². The Morgan fingerprint density at radius 2 is 2.14 bits per heavy atom. The molecule has 1 fully saturated rings. The maximum atomic E-state index is 12.1. The summed E-state index contributed by atoms with van der Waals surface area (Å²) < 4.78 is 7.11. The van der Waals surface area contributed by atoms with Gasteiger partial charge in [0.25, 0.3) is 5.91 Å². The van der Waals surface area contributed by atoms with Gasteiger partial charge in [0.15, 0.2) is 5.69 Å². The van der Waals surface area contributed by atoms with Crippen LogP contribution in [0.4, 0.5) is 0 Å². The van der Waals surface area contributed by atoms with Crippen LogP contribution in [0.5, 0.6) is 0 Å². The summed E-state index contributed by atoms with van der Waals surface area (Å²) in [4.78, 5) is 12.1. The lowest BCUT2D eigenvalue weighted by atomic mass is 10.1. The molecule has 22 heavy (non-hydrogen) atoms. The van der Waals surface area contributed by atoms with Gasteiger partial charge < -0.3 is 10.1 Å². The molecule has 0 saturated carbocycles. The van der Waals surface area contributed by atoms with E-state index in [1.165, 1.54) is 0 Å². The van der Waals surface area contributed by atoms with Crippen LogP contribution in [0.15, 0.2) is 24.4 Å². The van der Waals surface area contributed by atoms with Crippen LogP contribution in [0.3, 0.4) is 0 Å². The van der Waals surface area contributed by atoms with Crippen molar-refractivity contribution in [1.29, 1.82) is 0 Å². The molecule has 6 nitrogen and oxygen atoms in total. The lowest BCUT2D eigenvalue weighted by molar-refractivity contribution is 0.0853. The van der Waals surface area contributed by atoms with Crippen LogP contribution in [0.2, 0.25) is 0 Å². The van der Waals surface area contributed by atoms with Crippen LogP contribution >= 0.6 is 0 Å². The van der Waals surface area contributed by atoms with E-state index in [1.54, 1.807) is 10.9 Å². The zero-order valence-corrected chi connectivity index (χ0v) is 12.9. The van der Waals surface area contributed by atoms with Gasteiger partial charge in [-0.05, 0) is 49.9 Å². The Morgan fingerprint density at radius 1 is 1.36 bits per heavy atom. The second-order valence-electron chi connectivity index (χ2n) is 5.74. The van der Waals surface area contributed by atoms with E-state index in [0.717, 1.165) is 36.3 Å². The molecule has 6 heteroatoms. The molecule has 2 heterocycles. The Morgan fingerprint density at radius 3 is 2.82 bits per heavy atom. The van der Waals surface area contributed by atoms with E-state index in [9.17, 15) is 4.79 Å². The van der Waals surface area contributed by atoms with E-state index < -0.39 is 0 Å². The van der Waals surface area contributed by atoms with Gasteiger partial charge in [-0.15, -0.1) is 5.10 Å². The second-order valence-corrected chi connectivity index (χ2v) is 5.74. The topological polar surface area (TPSA) is 69.0 Å². The van der Waals surface area contributed by atoms with Gasteiger partial charge in [-0.25, -0.2) is 4.68 Å². The quantitative estimate of drug-likeness (QED) is 0.934. The molecule has 1 aromatic carbocycles. The molecule has 1 unspecified atom stereocenters. The van der Waals surface area contributed by atoms with Crippen LogP contribution in [-0.2, 0) is 4.74 Å². The number of benzene rings is 1. The van der Waals surface area contributed by atoms with Crippen molar-refractivity contribution in [3.63, 3.8) is 0 Å². The summed E-state index contributed by atoms with van der Waals surface area (Å²) in [6.07, 6.45) is 3.83. The van der Waals surface area contributed by atoms with Crippen LogP contribution in [0, 0.1) is 13.8 Å². The van der Waals surface area contributed by atoms with Gasteiger partial charge in [-0.1, -0.05) is 11.3 Å². The van der Waals surface area contributed by atoms with E-state index >= 15 is 0 Å². The lowest BCUT2D eigenvalue weighted by Gasteiger charge is -2.09. The Kier molecular flexibility index (Phi) is 4.20. The number of carbonyl (C=O) groups excluding carboxylic acids is 1. The number of hydrogen-bond acceptors (Lipinski definition) is 4. The van der Waals surface area contributed by atoms with Crippen molar-refractivity contribution in [2.24, 2.45) is 0 Å². The third-order valence-corrected chi connectivity index (χ3v) is 3.71. The summed E-state index contributed by atoms with van der Waals surface area (Å²) in [5, 5.41) is 10.8. The molecule has 0 bridgehead atoms. The first-order valence-corrected chi connectivity index (χ1v) is 7.52. The largest absolute Gasteiger partial charge is 0.376 e. The fraction of sp³-hybridized carbons (Fsp3) is 0.438. The Bertz CT molecular complexity index is 654. The SMILES string of the molecule is Cc1cc(C)cc(-n2cc(C(=O)NCC3CCCO3)nn2)c1. The molecular formula is C16H20N4O2. The molecule has 0 radical (unpaired) electrons. The molecule has 1 amide bonds. The van der Waals surface area contributed by atoms with Crippen LogP contribution in [0.1, 0.15) is 34.5 Å². The fourth-order valence-corrected chi connectivity index (χ4v) is 2.68. The van der Waals surface area contributed by atoms with Gasteiger partial charge >= 0.3 is 0 Å². The predicted octanol–water partition coefficient (Wildman–Crippen LogP) is 1.79. The number of aryl methyl sites for hydroxylation is 2. The van der Waals surface area contributed by atoms with Crippen molar-refractivity contribution >= 4 is 5.91 Å². The number of nitrogens with zero attached hydrogens (tertiary/aromatic N) is 3. The lowest BCUT2D eigenvalue weighted by Crippen LogP contribution is -2.31. The molecule has 2 aromatic rings. The van der Waals surface area contributed by atoms with E-state index in [1.807, 2.05) is 26.0 Å². The van der Waals surface area contributed by atoms with Crippen LogP contribution in [0.25, 0.3) is 5.69 Å². The van der Waals surface area contributed by atoms with Crippen molar-refractivity contribution in [3.8, 4) is 5.69 Å². The Labute approximate surface area is 129 Å². The Balaban J connectivity index is 1.68. The highest BCUT2D eigenvalue weighted by Gasteiger charge is 2.18. The molecule has 1 atom stereocenters. The van der Waals surface area contributed by atoms with Crippen molar-refractivity contribution in [1.82, 2.24) is 20.3 Å². The minimum absolute atomic E-state index is 0.124. The van der Waals surface area contributed by atoms with Gasteiger partial charge in [0.1, 0.15) is 0 Å². The minimum Gasteiger partial charge on any atom is -0.376 e. The summed E-state index contributed by atoms with van der Waals surface area (Å²) in [6, 6.07) is 6.11. The third-order valence-electron chi connectivity index (χ3n) is 3.71. The van der Waals surface area contributed by atoms with Crippen molar-refractivity contribution in [2.75, 3.05) is 13.2 Å². The first-order valence-electron chi connectivity index (χ1n) is 7.52. The molecule has 3 rings (SSSR count).